The van der Waals surface area contributed by atoms with E-state index >= 15 is 0 Å². The van der Waals surface area contributed by atoms with Gasteiger partial charge in [0.25, 0.3) is 0 Å². The number of carbonyl (C=O) groups excluding carboxylic acids is 1. The molecule has 2 aromatic rings. The van der Waals surface area contributed by atoms with Crippen molar-refractivity contribution < 1.29 is 13.9 Å². The van der Waals surface area contributed by atoms with Crippen LogP contribution in [0.4, 0.5) is 4.39 Å². The van der Waals surface area contributed by atoms with E-state index in [0.29, 0.717) is 31.5 Å². The third-order valence-corrected chi connectivity index (χ3v) is 4.86. The highest BCUT2D eigenvalue weighted by molar-refractivity contribution is 5.76. The lowest BCUT2D eigenvalue weighted by atomic mass is 9.88. The van der Waals surface area contributed by atoms with Crippen molar-refractivity contribution in [3.05, 3.63) is 47.5 Å². The molecular formula is C19H24FN3O2. The lowest BCUT2D eigenvalue weighted by Crippen LogP contribution is -2.38. The Morgan fingerprint density at radius 3 is 2.72 bits per heavy atom. The summed E-state index contributed by atoms with van der Waals surface area (Å²) in [5, 5.41) is 4.30. The van der Waals surface area contributed by atoms with Crippen LogP contribution in [-0.4, -0.2) is 40.8 Å². The predicted molar refractivity (Wildman–Crippen MR) is 93.0 cm³/mol. The second-order valence-electron chi connectivity index (χ2n) is 6.50. The predicted octanol–water partition coefficient (Wildman–Crippen LogP) is 2.91. The maximum Gasteiger partial charge on any atom is 0.222 e. The number of aromatic nitrogens is 2. The van der Waals surface area contributed by atoms with E-state index in [1.54, 1.807) is 10.7 Å². The molecule has 5 nitrogen and oxygen atoms in total. The summed E-state index contributed by atoms with van der Waals surface area (Å²) in [4.78, 5) is 14.3. The second kappa shape index (κ2) is 7.68. The standard InChI is InChI=1S/C19H24FN3O2/c1-22-11-10-15(21-22)6-7-18(24)23-12-8-14(9-13-23)16-4-3-5-17(25-2)19(16)20/h3-5,10-11,14H,6-9,12-13H2,1-2H3. The first kappa shape index (κ1) is 17.5. The van der Waals surface area contributed by atoms with Crippen molar-refractivity contribution in [2.45, 2.75) is 31.6 Å². The highest BCUT2D eigenvalue weighted by Gasteiger charge is 2.26. The molecule has 25 heavy (non-hydrogen) atoms. The maximum absolute atomic E-state index is 14.4. The molecule has 2 heterocycles. The number of hydrogen-bond donors (Lipinski definition) is 0. The molecule has 1 aromatic heterocycles. The van der Waals surface area contributed by atoms with Crippen LogP contribution in [0.2, 0.25) is 0 Å². The molecule has 1 aliphatic heterocycles. The zero-order valence-electron chi connectivity index (χ0n) is 14.7. The fraction of sp³-hybridized carbons (Fsp3) is 0.474. The van der Waals surface area contributed by atoms with E-state index in [2.05, 4.69) is 5.10 Å². The van der Waals surface area contributed by atoms with Gasteiger partial charge in [0.2, 0.25) is 5.91 Å². The molecular weight excluding hydrogens is 321 g/mol. The number of hydrogen-bond acceptors (Lipinski definition) is 3. The zero-order chi connectivity index (χ0) is 17.8. The summed E-state index contributed by atoms with van der Waals surface area (Å²) < 4.78 is 21.2. The number of benzene rings is 1. The molecule has 1 aromatic carbocycles. The largest absolute Gasteiger partial charge is 0.494 e. The smallest absolute Gasteiger partial charge is 0.222 e. The van der Waals surface area contributed by atoms with Gasteiger partial charge in [0.05, 0.1) is 12.8 Å². The Morgan fingerprint density at radius 1 is 1.32 bits per heavy atom. The average Bonchev–Trinajstić information content (AvgIpc) is 3.05. The molecule has 0 radical (unpaired) electrons. The Hall–Kier alpha value is -2.37. The van der Waals surface area contributed by atoms with Crippen molar-refractivity contribution in [1.29, 1.82) is 0 Å². The molecule has 6 heteroatoms. The number of aryl methyl sites for hydroxylation is 2. The summed E-state index contributed by atoms with van der Waals surface area (Å²) >= 11 is 0. The van der Waals surface area contributed by atoms with Gasteiger partial charge in [0.15, 0.2) is 11.6 Å². The van der Waals surface area contributed by atoms with E-state index in [4.69, 9.17) is 4.74 Å². The first-order valence-electron chi connectivity index (χ1n) is 8.67. The molecule has 0 atom stereocenters. The second-order valence-corrected chi connectivity index (χ2v) is 6.50. The number of ether oxygens (including phenoxy) is 1. The molecule has 0 bridgehead atoms. The molecule has 0 N–H and O–H groups in total. The molecule has 3 rings (SSSR count). The molecule has 134 valence electrons. The number of piperidine rings is 1. The first-order chi connectivity index (χ1) is 12.1. The van der Waals surface area contributed by atoms with Gasteiger partial charge in [-0.1, -0.05) is 12.1 Å². The minimum atomic E-state index is -0.273. The van der Waals surface area contributed by atoms with Crippen molar-refractivity contribution >= 4 is 5.91 Å². The van der Waals surface area contributed by atoms with Crippen LogP contribution in [0, 0.1) is 5.82 Å². The maximum atomic E-state index is 14.4. The normalized spacial score (nSPS) is 15.4. The van der Waals surface area contributed by atoms with Crippen LogP contribution in [0.15, 0.2) is 30.5 Å². The lowest BCUT2D eigenvalue weighted by Gasteiger charge is -2.32. The van der Waals surface area contributed by atoms with Crippen molar-refractivity contribution in [2.24, 2.45) is 7.05 Å². The Balaban J connectivity index is 1.54. The Morgan fingerprint density at radius 2 is 2.08 bits per heavy atom. The number of halogens is 1. The zero-order valence-corrected chi connectivity index (χ0v) is 14.7. The van der Waals surface area contributed by atoms with E-state index in [1.165, 1.54) is 7.11 Å². The van der Waals surface area contributed by atoms with E-state index < -0.39 is 0 Å². The molecule has 1 aliphatic rings. The Labute approximate surface area is 147 Å². The lowest BCUT2D eigenvalue weighted by molar-refractivity contribution is -0.132. The third-order valence-electron chi connectivity index (χ3n) is 4.86. The summed E-state index contributed by atoms with van der Waals surface area (Å²) in [6.45, 7) is 1.34. The van der Waals surface area contributed by atoms with Crippen LogP contribution in [0.1, 0.15) is 36.4 Å². The van der Waals surface area contributed by atoms with E-state index in [9.17, 15) is 9.18 Å². The number of carbonyl (C=O) groups is 1. The van der Waals surface area contributed by atoms with Crippen molar-refractivity contribution in [2.75, 3.05) is 20.2 Å². The SMILES string of the molecule is COc1cccc(C2CCN(C(=O)CCc3ccn(C)n3)CC2)c1F. The minimum absolute atomic E-state index is 0.134. The van der Waals surface area contributed by atoms with E-state index in [1.807, 2.05) is 36.3 Å². The van der Waals surface area contributed by atoms with Crippen LogP contribution in [0.3, 0.4) is 0 Å². The third kappa shape index (κ3) is 4.00. The summed E-state index contributed by atoms with van der Waals surface area (Å²) in [5.41, 5.74) is 1.63. The van der Waals surface area contributed by atoms with Crippen LogP contribution in [-0.2, 0) is 18.3 Å². The summed E-state index contributed by atoms with van der Waals surface area (Å²) in [5.74, 6) is 0.293. The molecule has 1 amide bonds. The number of nitrogens with zero attached hydrogens (tertiary/aromatic N) is 3. The molecule has 1 fully saturated rings. The van der Waals surface area contributed by atoms with E-state index in [-0.39, 0.29) is 23.4 Å². The van der Waals surface area contributed by atoms with Crippen LogP contribution in [0.25, 0.3) is 0 Å². The number of likely N-dealkylation sites (tertiary alicyclic amines) is 1. The van der Waals surface area contributed by atoms with Crippen LogP contribution < -0.4 is 4.74 Å². The van der Waals surface area contributed by atoms with Crippen molar-refractivity contribution in [3.63, 3.8) is 0 Å². The minimum Gasteiger partial charge on any atom is -0.494 e. The number of rotatable bonds is 5. The molecule has 0 aliphatic carbocycles. The molecule has 0 unspecified atom stereocenters. The molecule has 0 spiro atoms. The van der Waals surface area contributed by atoms with Crippen LogP contribution >= 0.6 is 0 Å². The van der Waals surface area contributed by atoms with Gasteiger partial charge >= 0.3 is 0 Å². The van der Waals surface area contributed by atoms with Gasteiger partial charge in [0.1, 0.15) is 0 Å². The summed E-state index contributed by atoms with van der Waals surface area (Å²) in [6, 6.07) is 7.21. The Kier molecular flexibility index (Phi) is 5.36. The van der Waals surface area contributed by atoms with Gasteiger partial charge in [-0.25, -0.2) is 4.39 Å². The van der Waals surface area contributed by atoms with Gasteiger partial charge < -0.3 is 9.64 Å². The topological polar surface area (TPSA) is 47.4 Å². The van der Waals surface area contributed by atoms with Gasteiger partial charge in [0, 0.05) is 39.2 Å². The van der Waals surface area contributed by atoms with Gasteiger partial charge in [-0.15, -0.1) is 0 Å². The van der Waals surface area contributed by atoms with Crippen molar-refractivity contribution in [3.8, 4) is 5.75 Å². The monoisotopic (exact) mass is 345 g/mol. The number of amides is 1. The highest BCUT2D eigenvalue weighted by atomic mass is 19.1. The average molecular weight is 345 g/mol. The van der Waals surface area contributed by atoms with E-state index in [0.717, 1.165) is 18.5 Å². The number of methoxy groups -OCH3 is 1. The van der Waals surface area contributed by atoms with Gasteiger partial charge in [-0.05, 0) is 36.5 Å². The van der Waals surface area contributed by atoms with Gasteiger partial charge in [-0.2, -0.15) is 5.10 Å². The fourth-order valence-electron chi connectivity index (χ4n) is 3.43. The summed E-state index contributed by atoms with van der Waals surface area (Å²) in [7, 11) is 3.35. The fourth-order valence-corrected chi connectivity index (χ4v) is 3.43. The van der Waals surface area contributed by atoms with Crippen molar-refractivity contribution in [1.82, 2.24) is 14.7 Å². The summed E-state index contributed by atoms with van der Waals surface area (Å²) in [6.07, 6.45) is 4.56. The highest BCUT2D eigenvalue weighted by Crippen LogP contribution is 2.33. The molecule has 0 saturated carbocycles. The Bertz CT molecular complexity index is 736. The quantitative estimate of drug-likeness (QED) is 0.837. The van der Waals surface area contributed by atoms with Gasteiger partial charge in [-0.3, -0.25) is 9.48 Å². The molecule has 1 saturated heterocycles. The first-order valence-corrected chi connectivity index (χ1v) is 8.67. The van der Waals surface area contributed by atoms with Crippen LogP contribution in [0.5, 0.6) is 5.75 Å².